The van der Waals surface area contributed by atoms with E-state index >= 15 is 0 Å². The number of Topliss-reactive ketones (excluding diaryl/α,β-unsaturated/α-hetero) is 1. The molecule has 0 spiro atoms. The Morgan fingerprint density at radius 2 is 2.11 bits per heavy atom. The molecule has 1 atom stereocenters. The Hall–Kier alpha value is -2.18. The molecule has 1 unspecified atom stereocenters. The number of hydrogen-bond donors (Lipinski definition) is 2. The van der Waals surface area contributed by atoms with Crippen molar-refractivity contribution in [3.63, 3.8) is 0 Å². The van der Waals surface area contributed by atoms with Crippen LogP contribution in [-0.4, -0.2) is 27.8 Å². The van der Waals surface area contributed by atoms with Crippen LogP contribution in [0.2, 0.25) is 0 Å². The van der Waals surface area contributed by atoms with Gasteiger partial charge in [-0.1, -0.05) is 0 Å². The quantitative estimate of drug-likeness (QED) is 0.671. The first-order chi connectivity index (χ1) is 8.50. The Balaban J connectivity index is 2.47. The molecule has 1 amide bonds. The van der Waals surface area contributed by atoms with Gasteiger partial charge in [-0.3, -0.25) is 19.0 Å². The van der Waals surface area contributed by atoms with E-state index in [1.807, 2.05) is 0 Å². The van der Waals surface area contributed by atoms with Gasteiger partial charge in [0.25, 0.3) is 5.56 Å². The van der Waals surface area contributed by atoms with Gasteiger partial charge in [0.15, 0.2) is 5.78 Å². The van der Waals surface area contributed by atoms with E-state index in [-0.39, 0.29) is 24.4 Å². The van der Waals surface area contributed by atoms with E-state index < -0.39 is 23.1 Å². The van der Waals surface area contributed by atoms with Crippen molar-refractivity contribution in [2.24, 2.45) is 0 Å². The predicted molar refractivity (Wildman–Crippen MR) is 62.6 cm³/mol. The first-order valence-electron chi connectivity index (χ1n) is 5.62. The summed E-state index contributed by atoms with van der Waals surface area (Å²) in [6.45, 7) is 1.49. The molecule has 0 radical (unpaired) electrons. The molecule has 2 rings (SSSR count). The Bertz CT molecular complexity index is 603. The summed E-state index contributed by atoms with van der Waals surface area (Å²) in [6.07, 6.45) is 1.81. The van der Waals surface area contributed by atoms with Crippen molar-refractivity contribution in [1.29, 1.82) is 0 Å². The van der Waals surface area contributed by atoms with Crippen LogP contribution >= 0.6 is 0 Å². The van der Waals surface area contributed by atoms with Crippen molar-refractivity contribution in [2.75, 3.05) is 6.54 Å². The predicted octanol–water partition coefficient (Wildman–Crippen LogP) is -0.810. The van der Waals surface area contributed by atoms with Gasteiger partial charge in [-0.15, -0.1) is 0 Å². The molecule has 1 aliphatic heterocycles. The van der Waals surface area contributed by atoms with E-state index in [9.17, 15) is 19.2 Å². The highest BCUT2D eigenvalue weighted by molar-refractivity contribution is 5.93. The molecular weight excluding hydrogens is 238 g/mol. The average molecular weight is 251 g/mol. The number of carbonyl (C=O) groups excluding carboxylic acids is 2. The number of hydrogen-bond acceptors (Lipinski definition) is 4. The number of H-pyrrole nitrogens is 1. The van der Waals surface area contributed by atoms with Gasteiger partial charge in [0.2, 0.25) is 5.91 Å². The minimum atomic E-state index is -0.604. The number of rotatable bonds is 2. The topological polar surface area (TPSA) is 101 Å². The summed E-state index contributed by atoms with van der Waals surface area (Å²) in [5, 5.41) is 2.60. The lowest BCUT2D eigenvalue weighted by molar-refractivity contribution is -0.122. The van der Waals surface area contributed by atoms with Gasteiger partial charge in [0.05, 0.1) is 11.6 Å². The number of nitrogens with zero attached hydrogens (tertiary/aromatic N) is 1. The number of piperidine rings is 1. The molecule has 96 valence electrons. The maximum absolute atomic E-state index is 12.0. The zero-order valence-corrected chi connectivity index (χ0v) is 9.86. The van der Waals surface area contributed by atoms with Crippen LogP contribution in [0.1, 0.15) is 36.2 Å². The summed E-state index contributed by atoms with van der Waals surface area (Å²) in [4.78, 5) is 48.4. The zero-order valence-electron chi connectivity index (χ0n) is 9.86. The smallest absolute Gasteiger partial charge is 0.328 e. The van der Waals surface area contributed by atoms with Crippen LogP contribution in [0, 0.1) is 0 Å². The molecule has 7 nitrogen and oxygen atoms in total. The third-order valence-electron chi connectivity index (χ3n) is 2.99. The van der Waals surface area contributed by atoms with Gasteiger partial charge in [-0.05, 0) is 13.3 Å². The van der Waals surface area contributed by atoms with Crippen LogP contribution in [0.15, 0.2) is 15.8 Å². The first-order valence-corrected chi connectivity index (χ1v) is 5.62. The molecule has 1 aromatic heterocycles. The van der Waals surface area contributed by atoms with Gasteiger partial charge in [0.1, 0.15) is 0 Å². The van der Waals surface area contributed by atoms with Crippen LogP contribution in [0.5, 0.6) is 0 Å². The first kappa shape index (κ1) is 12.3. The fourth-order valence-corrected chi connectivity index (χ4v) is 2.01. The Labute approximate surface area is 102 Å². The summed E-state index contributed by atoms with van der Waals surface area (Å²) >= 11 is 0. The maximum Gasteiger partial charge on any atom is 0.328 e. The van der Waals surface area contributed by atoms with E-state index in [0.717, 1.165) is 10.8 Å². The minimum Gasteiger partial charge on any atom is -0.354 e. The van der Waals surface area contributed by atoms with Gasteiger partial charge < -0.3 is 10.3 Å². The lowest BCUT2D eigenvalue weighted by atomic mass is 10.1. The zero-order chi connectivity index (χ0) is 13.3. The molecule has 18 heavy (non-hydrogen) atoms. The van der Waals surface area contributed by atoms with E-state index in [4.69, 9.17) is 0 Å². The molecule has 0 aromatic carbocycles. The number of ketones is 1. The molecule has 1 aromatic rings. The Kier molecular flexibility index (Phi) is 3.14. The third-order valence-corrected chi connectivity index (χ3v) is 2.99. The molecule has 1 aliphatic rings. The Morgan fingerprint density at radius 3 is 2.67 bits per heavy atom. The monoisotopic (exact) mass is 251 g/mol. The summed E-state index contributed by atoms with van der Waals surface area (Å²) in [5.41, 5.74) is -1.22. The highest BCUT2D eigenvalue weighted by atomic mass is 16.2. The number of amides is 1. The molecule has 1 saturated heterocycles. The molecule has 1 fully saturated rings. The van der Waals surface area contributed by atoms with Crippen molar-refractivity contribution in [1.82, 2.24) is 14.9 Å². The molecule has 7 heteroatoms. The second-order valence-electron chi connectivity index (χ2n) is 4.24. The van der Waals surface area contributed by atoms with Crippen molar-refractivity contribution in [2.45, 2.75) is 25.8 Å². The summed E-state index contributed by atoms with van der Waals surface area (Å²) in [5.74, 6) is -0.497. The average Bonchev–Trinajstić information content (AvgIpc) is 2.31. The van der Waals surface area contributed by atoms with E-state index in [1.54, 1.807) is 0 Å². The number of carbonyl (C=O) groups is 2. The molecular formula is C11H13N3O4. The second-order valence-corrected chi connectivity index (χ2v) is 4.24. The lowest BCUT2D eigenvalue weighted by Crippen LogP contribution is -2.46. The molecule has 2 N–H and O–H groups in total. The van der Waals surface area contributed by atoms with Crippen molar-refractivity contribution in [3.8, 4) is 0 Å². The van der Waals surface area contributed by atoms with Crippen LogP contribution in [0.25, 0.3) is 0 Å². The fourth-order valence-electron chi connectivity index (χ4n) is 2.01. The highest BCUT2D eigenvalue weighted by Crippen LogP contribution is 2.13. The third kappa shape index (κ3) is 2.11. The number of nitrogens with one attached hydrogen (secondary N) is 2. The largest absolute Gasteiger partial charge is 0.354 e. The van der Waals surface area contributed by atoms with Gasteiger partial charge >= 0.3 is 5.69 Å². The Morgan fingerprint density at radius 1 is 1.39 bits per heavy atom. The van der Waals surface area contributed by atoms with Gasteiger partial charge in [-0.25, -0.2) is 4.79 Å². The van der Waals surface area contributed by atoms with Crippen LogP contribution in [-0.2, 0) is 4.79 Å². The lowest BCUT2D eigenvalue weighted by Gasteiger charge is -2.23. The van der Waals surface area contributed by atoms with E-state index in [2.05, 4.69) is 10.3 Å². The van der Waals surface area contributed by atoms with E-state index in [0.29, 0.717) is 6.42 Å². The maximum atomic E-state index is 12.0. The van der Waals surface area contributed by atoms with Crippen molar-refractivity contribution in [3.05, 3.63) is 32.6 Å². The summed E-state index contributed by atoms with van der Waals surface area (Å²) < 4.78 is 1.01. The van der Waals surface area contributed by atoms with Crippen molar-refractivity contribution >= 4 is 11.7 Å². The van der Waals surface area contributed by atoms with Gasteiger partial charge in [-0.2, -0.15) is 0 Å². The SMILES string of the molecule is CC(=O)c1c[nH]c(=O)n(C2CCC(=O)NC2)c1=O. The van der Waals surface area contributed by atoms with E-state index in [1.165, 1.54) is 6.92 Å². The van der Waals surface area contributed by atoms with Crippen molar-refractivity contribution < 1.29 is 9.59 Å². The van der Waals surface area contributed by atoms with Gasteiger partial charge in [0, 0.05) is 19.2 Å². The second kappa shape index (κ2) is 4.59. The standard InChI is InChI=1S/C11H13N3O4/c1-6(15)8-5-13-11(18)14(10(8)17)7-2-3-9(16)12-4-7/h5,7H,2-4H2,1H3,(H,12,16)(H,13,18). The normalized spacial score (nSPS) is 19.4. The summed E-state index contributed by atoms with van der Waals surface area (Å²) in [7, 11) is 0. The molecule has 0 aliphatic carbocycles. The molecule has 0 bridgehead atoms. The van der Waals surface area contributed by atoms with Crippen LogP contribution in [0.4, 0.5) is 0 Å². The molecule has 0 saturated carbocycles. The minimum absolute atomic E-state index is 0.0495. The number of aromatic nitrogens is 2. The fraction of sp³-hybridized carbons (Fsp3) is 0.455. The summed E-state index contributed by atoms with van der Waals surface area (Å²) in [6, 6.07) is -0.404. The highest BCUT2D eigenvalue weighted by Gasteiger charge is 2.23. The van der Waals surface area contributed by atoms with Crippen LogP contribution < -0.4 is 16.6 Å². The van der Waals surface area contributed by atoms with Crippen LogP contribution in [0.3, 0.4) is 0 Å². The number of aromatic amines is 1. The molecule has 2 heterocycles.